The van der Waals surface area contributed by atoms with Crippen molar-refractivity contribution in [1.29, 1.82) is 0 Å². The number of aldehydes is 1. The third-order valence-electron chi connectivity index (χ3n) is 9.16. The number of rotatable bonds is 7. The predicted molar refractivity (Wildman–Crippen MR) is 179 cm³/mol. The monoisotopic (exact) mass is 621 g/mol. The lowest BCUT2D eigenvalue weighted by atomic mass is 9.86. The topological polar surface area (TPSA) is 130 Å². The Bertz CT molecular complexity index is 2130. The maximum absolute atomic E-state index is 13.3. The summed E-state index contributed by atoms with van der Waals surface area (Å²) in [6, 6.07) is 30.9. The number of pyridine rings is 2. The van der Waals surface area contributed by atoms with Crippen LogP contribution in [0.25, 0.3) is 39.5 Å². The largest absolute Gasteiger partial charge is 0.507 e. The number of fused-ring (bicyclic) bond motifs is 3. The van der Waals surface area contributed by atoms with Crippen LogP contribution >= 0.6 is 0 Å². The quantitative estimate of drug-likeness (QED) is 0.228. The van der Waals surface area contributed by atoms with Crippen LogP contribution in [0, 0.1) is 0 Å². The van der Waals surface area contributed by atoms with Crippen molar-refractivity contribution in [1.82, 2.24) is 29.3 Å². The predicted octanol–water partition coefficient (Wildman–Crippen LogP) is 5.35. The number of phenols is 1. The Morgan fingerprint density at radius 3 is 2.45 bits per heavy atom. The van der Waals surface area contributed by atoms with Crippen molar-refractivity contribution in [3.63, 3.8) is 0 Å². The number of aromatic hydroxyl groups is 1. The fourth-order valence-corrected chi connectivity index (χ4v) is 6.86. The Balaban J connectivity index is 1.05. The number of piperazine rings is 1. The summed E-state index contributed by atoms with van der Waals surface area (Å²) in [5, 5.41) is 9.83. The van der Waals surface area contributed by atoms with E-state index < -0.39 is 0 Å². The van der Waals surface area contributed by atoms with Gasteiger partial charge in [-0.15, -0.1) is 0 Å². The van der Waals surface area contributed by atoms with Gasteiger partial charge in [-0.3, -0.25) is 19.1 Å². The van der Waals surface area contributed by atoms with Crippen molar-refractivity contribution in [2.75, 3.05) is 18.8 Å². The number of piperidine rings is 1. The molecule has 2 atom stereocenters. The number of hydrogen-bond donors (Lipinski definition) is 2. The van der Waals surface area contributed by atoms with Gasteiger partial charge >= 0.3 is 0 Å². The highest BCUT2D eigenvalue weighted by molar-refractivity contribution is 5.97. The third kappa shape index (κ3) is 5.08. The molecule has 0 saturated carbocycles. The second kappa shape index (κ2) is 11.5. The number of nitrogen functional groups attached to an aromatic ring is 1. The van der Waals surface area contributed by atoms with Crippen LogP contribution in [0.15, 0.2) is 103 Å². The van der Waals surface area contributed by atoms with Crippen LogP contribution in [0.5, 0.6) is 5.75 Å². The van der Waals surface area contributed by atoms with Gasteiger partial charge in [-0.2, -0.15) is 0 Å². The first-order valence-electron chi connectivity index (χ1n) is 15.5. The fourth-order valence-electron chi connectivity index (χ4n) is 6.86. The van der Waals surface area contributed by atoms with Gasteiger partial charge in [0.1, 0.15) is 17.1 Å². The van der Waals surface area contributed by atoms with Gasteiger partial charge in [-0.25, -0.2) is 15.0 Å². The van der Waals surface area contributed by atoms with Crippen LogP contribution in [0.4, 0.5) is 5.82 Å². The summed E-state index contributed by atoms with van der Waals surface area (Å²) >= 11 is 0. The molecule has 3 aliphatic rings. The highest BCUT2D eigenvalue weighted by atomic mass is 16.3. The highest BCUT2D eigenvalue weighted by Gasteiger charge is 2.47. The molecule has 47 heavy (non-hydrogen) atoms. The maximum atomic E-state index is 13.3. The smallest absolute Gasteiger partial charge is 0.254 e. The average Bonchev–Trinajstić information content (AvgIpc) is 3.48. The van der Waals surface area contributed by atoms with E-state index in [4.69, 9.17) is 15.7 Å². The lowest BCUT2D eigenvalue weighted by molar-refractivity contribution is -0.0500. The molecule has 10 heteroatoms. The maximum Gasteiger partial charge on any atom is 0.254 e. The minimum absolute atomic E-state index is 0.0972. The highest BCUT2D eigenvalue weighted by Crippen LogP contribution is 2.36. The Hall–Kier alpha value is -5.87. The van der Waals surface area contributed by atoms with E-state index in [-0.39, 0.29) is 29.3 Å². The Labute approximate surface area is 270 Å². The summed E-state index contributed by atoms with van der Waals surface area (Å²) in [5.74, 6) is 0.852. The number of aromatic nitrogens is 4. The molecule has 1 amide bonds. The molecule has 0 aliphatic carbocycles. The SMILES string of the molecule is Nc1ncccc1-c1nc2ccc(-c3ccccc3)nc2n1-c1ccc(CN2CC3CC(C2)N3C(=O)c2ccc(O)c(C=O)c2)cc1. The lowest BCUT2D eigenvalue weighted by Crippen LogP contribution is -2.69. The summed E-state index contributed by atoms with van der Waals surface area (Å²) in [4.78, 5) is 43.2. The van der Waals surface area contributed by atoms with Crippen LogP contribution in [0.2, 0.25) is 0 Å². The summed E-state index contributed by atoms with van der Waals surface area (Å²) in [5.41, 5.74) is 13.0. The number of anilines is 1. The van der Waals surface area contributed by atoms with E-state index in [0.717, 1.165) is 65.3 Å². The Kier molecular flexibility index (Phi) is 6.99. The molecule has 2 bridgehead atoms. The van der Waals surface area contributed by atoms with E-state index in [9.17, 15) is 14.7 Å². The number of phenolic OH excluding ortho intramolecular Hbond substituents is 1. The van der Waals surface area contributed by atoms with Gasteiger partial charge in [0.15, 0.2) is 17.8 Å². The van der Waals surface area contributed by atoms with Gasteiger partial charge in [0.05, 0.1) is 16.8 Å². The molecular formula is C37H31N7O3. The van der Waals surface area contributed by atoms with E-state index in [1.807, 2.05) is 64.1 Å². The van der Waals surface area contributed by atoms with Crippen molar-refractivity contribution < 1.29 is 14.7 Å². The van der Waals surface area contributed by atoms with Crippen LogP contribution in [-0.4, -0.2) is 71.8 Å². The zero-order valence-electron chi connectivity index (χ0n) is 25.4. The average molecular weight is 622 g/mol. The Morgan fingerprint density at radius 2 is 1.70 bits per heavy atom. The van der Waals surface area contributed by atoms with Crippen LogP contribution in [0.3, 0.4) is 0 Å². The summed E-state index contributed by atoms with van der Waals surface area (Å²) in [6.07, 6.45) is 3.20. The van der Waals surface area contributed by atoms with Gasteiger partial charge in [-0.05, 0) is 66.6 Å². The van der Waals surface area contributed by atoms with E-state index in [0.29, 0.717) is 23.5 Å². The molecule has 0 radical (unpaired) electrons. The first kappa shape index (κ1) is 28.6. The molecule has 232 valence electrons. The Morgan fingerprint density at radius 1 is 0.915 bits per heavy atom. The molecule has 9 rings (SSSR count). The van der Waals surface area contributed by atoms with Crippen LogP contribution in [-0.2, 0) is 6.54 Å². The molecular weight excluding hydrogens is 590 g/mol. The van der Waals surface area contributed by atoms with Gasteiger partial charge in [0.2, 0.25) is 0 Å². The van der Waals surface area contributed by atoms with Crippen molar-refractivity contribution in [3.8, 4) is 34.1 Å². The zero-order chi connectivity index (χ0) is 32.1. The standard InChI is InChI=1S/C37H31N7O3/c38-34-30(7-4-16-39-34)35-41-32-14-13-31(24-5-2-1-3-6-24)40-36(32)44(35)27-11-8-23(9-12-27)19-42-20-28-18-29(21-42)43(28)37(47)25-10-15-33(46)26(17-25)22-45/h1-17,22,28-29,46H,18-21H2,(H2,38,39). The number of nitrogens with zero attached hydrogens (tertiary/aromatic N) is 6. The fraction of sp³-hybridized carbons (Fsp3) is 0.162. The number of hydrogen-bond acceptors (Lipinski definition) is 8. The molecule has 6 heterocycles. The molecule has 3 fully saturated rings. The number of carbonyl (C=O) groups excluding carboxylic acids is 2. The molecule has 3 N–H and O–H groups in total. The summed E-state index contributed by atoms with van der Waals surface area (Å²) in [7, 11) is 0. The van der Waals surface area contributed by atoms with Crippen LogP contribution < -0.4 is 5.73 Å². The summed E-state index contributed by atoms with van der Waals surface area (Å²) in [6.45, 7) is 2.30. The minimum atomic E-state index is -0.121. The number of benzene rings is 3. The first-order valence-corrected chi connectivity index (χ1v) is 15.5. The van der Waals surface area contributed by atoms with E-state index in [1.165, 1.54) is 12.1 Å². The first-order chi connectivity index (χ1) is 23.0. The molecule has 3 aromatic carbocycles. The molecule has 0 spiro atoms. The van der Waals surface area contributed by atoms with Crippen molar-refractivity contribution in [2.45, 2.75) is 25.0 Å². The minimum Gasteiger partial charge on any atom is -0.507 e. The molecule has 6 aromatic rings. The lowest BCUT2D eigenvalue weighted by Gasteiger charge is -2.56. The number of amides is 1. The van der Waals surface area contributed by atoms with E-state index in [2.05, 4.69) is 34.1 Å². The third-order valence-corrected chi connectivity index (χ3v) is 9.16. The number of nitrogens with two attached hydrogens (primary N) is 1. The number of imidazole rings is 1. The van der Waals surface area contributed by atoms with Gasteiger partial charge in [0.25, 0.3) is 5.91 Å². The molecule has 2 unspecified atom stereocenters. The van der Waals surface area contributed by atoms with E-state index in [1.54, 1.807) is 12.3 Å². The van der Waals surface area contributed by atoms with Gasteiger partial charge < -0.3 is 15.7 Å². The van der Waals surface area contributed by atoms with Crippen molar-refractivity contribution in [2.24, 2.45) is 0 Å². The second-order valence-corrected chi connectivity index (χ2v) is 12.1. The zero-order valence-corrected chi connectivity index (χ0v) is 25.4. The summed E-state index contributed by atoms with van der Waals surface area (Å²) < 4.78 is 2.04. The van der Waals surface area contributed by atoms with Crippen molar-refractivity contribution >= 4 is 29.2 Å². The number of carbonyl (C=O) groups is 2. The molecule has 3 aliphatic heterocycles. The van der Waals surface area contributed by atoms with Crippen LogP contribution in [0.1, 0.15) is 32.7 Å². The van der Waals surface area contributed by atoms with Gasteiger partial charge in [0, 0.05) is 54.7 Å². The van der Waals surface area contributed by atoms with Gasteiger partial charge in [-0.1, -0.05) is 42.5 Å². The molecule has 10 nitrogen and oxygen atoms in total. The molecule has 3 aromatic heterocycles. The van der Waals surface area contributed by atoms with E-state index >= 15 is 0 Å². The second-order valence-electron chi connectivity index (χ2n) is 12.1. The molecule has 3 saturated heterocycles. The van der Waals surface area contributed by atoms with Crippen molar-refractivity contribution in [3.05, 3.63) is 120 Å². The normalized spacial score (nSPS) is 17.4.